The average Bonchev–Trinajstić information content (AvgIpc) is 3.07. The number of nitrogens with one attached hydrogen (secondary N) is 1. The zero-order valence-electron chi connectivity index (χ0n) is 16.2. The van der Waals surface area contributed by atoms with Crippen molar-refractivity contribution < 1.29 is 4.79 Å². The molecular weight excluding hydrogens is 380 g/mol. The van der Waals surface area contributed by atoms with Crippen LogP contribution in [0.5, 0.6) is 0 Å². The monoisotopic (exact) mass is 402 g/mol. The molecule has 1 amide bonds. The van der Waals surface area contributed by atoms with Gasteiger partial charge in [0.25, 0.3) is 5.91 Å². The Morgan fingerprint density at radius 2 is 1.72 bits per heavy atom. The summed E-state index contributed by atoms with van der Waals surface area (Å²) < 4.78 is 2.62. The Kier molecular flexibility index (Phi) is 5.58. The molecule has 1 aromatic heterocycles. The number of rotatable bonds is 6. The maximum absolute atomic E-state index is 12.9. The van der Waals surface area contributed by atoms with Crippen LogP contribution >= 0.6 is 11.3 Å². The van der Waals surface area contributed by atoms with Gasteiger partial charge in [0, 0.05) is 17.8 Å². The van der Waals surface area contributed by atoms with E-state index in [1.807, 2.05) is 67.6 Å². The van der Waals surface area contributed by atoms with E-state index in [4.69, 9.17) is 0 Å². The average molecular weight is 403 g/mol. The van der Waals surface area contributed by atoms with E-state index in [-0.39, 0.29) is 10.8 Å². The third-order valence-electron chi connectivity index (χ3n) is 5.03. The van der Waals surface area contributed by atoms with Crippen LogP contribution in [0.2, 0.25) is 0 Å². The number of aryl methyl sites for hydroxylation is 3. The summed E-state index contributed by atoms with van der Waals surface area (Å²) in [5.74, 6) is -0.129. The smallest absolute Gasteiger partial charge is 0.308 e. The molecule has 5 heteroatoms. The standard InChI is InChI=1S/C24H22N2O2S/c1-2-26-21-15-14-19(16-22(21)29-24(26)28)25-23(27)20-11-7-6-10-18(20)13-12-17-8-4-3-5-9-17/h3-11,14-16H,2,12-13H2,1H3,(H,25,27). The summed E-state index contributed by atoms with van der Waals surface area (Å²) in [6.07, 6.45) is 1.68. The van der Waals surface area contributed by atoms with Gasteiger partial charge in [0.15, 0.2) is 0 Å². The van der Waals surface area contributed by atoms with Crippen molar-refractivity contribution in [3.05, 3.63) is 99.2 Å². The molecule has 1 heterocycles. The first-order chi connectivity index (χ1) is 14.2. The third kappa shape index (κ3) is 4.15. The van der Waals surface area contributed by atoms with Crippen molar-refractivity contribution in [3.63, 3.8) is 0 Å². The quantitative estimate of drug-likeness (QED) is 0.487. The lowest BCUT2D eigenvalue weighted by Crippen LogP contribution is -2.14. The van der Waals surface area contributed by atoms with Crippen LogP contribution in [0.1, 0.15) is 28.4 Å². The Balaban J connectivity index is 1.54. The highest BCUT2D eigenvalue weighted by Crippen LogP contribution is 2.23. The second kappa shape index (κ2) is 8.45. The van der Waals surface area contributed by atoms with E-state index in [1.165, 1.54) is 16.9 Å². The van der Waals surface area contributed by atoms with Crippen LogP contribution in [0.15, 0.2) is 77.6 Å². The normalized spacial score (nSPS) is 10.9. The van der Waals surface area contributed by atoms with Crippen molar-refractivity contribution in [3.8, 4) is 0 Å². The van der Waals surface area contributed by atoms with Crippen LogP contribution in [0.3, 0.4) is 0 Å². The van der Waals surface area contributed by atoms with Gasteiger partial charge in [0.05, 0.1) is 10.2 Å². The van der Waals surface area contributed by atoms with E-state index in [0.717, 1.165) is 28.6 Å². The van der Waals surface area contributed by atoms with Gasteiger partial charge in [-0.15, -0.1) is 0 Å². The van der Waals surface area contributed by atoms with E-state index in [0.29, 0.717) is 17.8 Å². The molecule has 0 atom stereocenters. The molecule has 0 unspecified atom stereocenters. The molecule has 1 N–H and O–H groups in total. The van der Waals surface area contributed by atoms with Crippen LogP contribution in [0, 0.1) is 0 Å². The number of hydrogen-bond donors (Lipinski definition) is 1. The fourth-order valence-electron chi connectivity index (χ4n) is 3.53. The first kappa shape index (κ1) is 19.2. The van der Waals surface area contributed by atoms with Gasteiger partial charge in [-0.05, 0) is 55.2 Å². The number of anilines is 1. The lowest BCUT2D eigenvalue weighted by atomic mass is 9.99. The van der Waals surface area contributed by atoms with Crippen molar-refractivity contribution in [2.24, 2.45) is 0 Å². The predicted octanol–water partition coefficient (Wildman–Crippen LogP) is 5.12. The SMILES string of the molecule is CCn1c(=O)sc2cc(NC(=O)c3ccccc3CCc3ccccc3)ccc21. The summed E-state index contributed by atoms with van der Waals surface area (Å²) in [7, 11) is 0. The lowest BCUT2D eigenvalue weighted by Gasteiger charge is -2.11. The molecule has 4 aromatic rings. The van der Waals surface area contributed by atoms with Gasteiger partial charge < -0.3 is 5.32 Å². The molecule has 3 aromatic carbocycles. The lowest BCUT2D eigenvalue weighted by molar-refractivity contribution is 0.102. The number of carbonyl (C=O) groups is 1. The Labute approximate surface area is 173 Å². The first-order valence-corrected chi connectivity index (χ1v) is 10.5. The largest absolute Gasteiger partial charge is 0.322 e. The van der Waals surface area contributed by atoms with Crippen LogP contribution in [0.4, 0.5) is 5.69 Å². The molecule has 0 aliphatic heterocycles. The molecule has 146 valence electrons. The zero-order chi connectivity index (χ0) is 20.2. The van der Waals surface area contributed by atoms with Gasteiger partial charge >= 0.3 is 4.87 Å². The van der Waals surface area contributed by atoms with Gasteiger partial charge in [0.1, 0.15) is 0 Å². The van der Waals surface area contributed by atoms with E-state index in [9.17, 15) is 9.59 Å². The maximum atomic E-state index is 12.9. The molecule has 4 rings (SSSR count). The zero-order valence-corrected chi connectivity index (χ0v) is 17.0. The minimum Gasteiger partial charge on any atom is -0.322 e. The maximum Gasteiger partial charge on any atom is 0.308 e. The minimum atomic E-state index is -0.129. The summed E-state index contributed by atoms with van der Waals surface area (Å²) in [4.78, 5) is 25.0. The number of thiazole rings is 1. The van der Waals surface area contributed by atoms with Crippen LogP contribution < -0.4 is 10.2 Å². The summed E-state index contributed by atoms with van der Waals surface area (Å²) in [6.45, 7) is 2.59. The number of hydrogen-bond acceptors (Lipinski definition) is 3. The van der Waals surface area contributed by atoms with Crippen molar-refractivity contribution in [2.45, 2.75) is 26.3 Å². The summed E-state index contributed by atoms with van der Waals surface area (Å²) in [5, 5.41) is 2.99. The fourth-order valence-corrected chi connectivity index (χ4v) is 4.52. The summed E-state index contributed by atoms with van der Waals surface area (Å²) in [6, 6.07) is 23.6. The molecule has 0 spiro atoms. The van der Waals surface area contributed by atoms with Gasteiger partial charge in [0.2, 0.25) is 0 Å². The highest BCUT2D eigenvalue weighted by molar-refractivity contribution is 7.16. The van der Waals surface area contributed by atoms with E-state index >= 15 is 0 Å². The Morgan fingerprint density at radius 1 is 0.966 bits per heavy atom. The van der Waals surface area contributed by atoms with Crippen LogP contribution in [0.25, 0.3) is 10.2 Å². The number of aromatic nitrogens is 1. The number of amides is 1. The topological polar surface area (TPSA) is 51.1 Å². The molecule has 0 saturated carbocycles. The van der Waals surface area contributed by atoms with Crippen molar-refractivity contribution in [1.82, 2.24) is 4.57 Å². The number of carbonyl (C=O) groups excluding carboxylic acids is 1. The van der Waals surface area contributed by atoms with E-state index < -0.39 is 0 Å². The summed E-state index contributed by atoms with van der Waals surface area (Å²) >= 11 is 1.21. The number of fused-ring (bicyclic) bond motifs is 1. The molecule has 0 radical (unpaired) electrons. The molecule has 0 bridgehead atoms. The van der Waals surface area contributed by atoms with Crippen molar-refractivity contribution >= 4 is 33.1 Å². The molecule has 0 aliphatic rings. The van der Waals surface area contributed by atoms with Gasteiger partial charge in [-0.3, -0.25) is 14.2 Å². The second-order valence-corrected chi connectivity index (χ2v) is 7.88. The Morgan fingerprint density at radius 3 is 2.52 bits per heavy atom. The molecule has 0 saturated heterocycles. The van der Waals surface area contributed by atoms with E-state index in [2.05, 4.69) is 17.4 Å². The molecular formula is C24H22N2O2S. The van der Waals surface area contributed by atoms with E-state index in [1.54, 1.807) is 4.57 Å². The highest BCUT2D eigenvalue weighted by atomic mass is 32.1. The number of nitrogens with zero attached hydrogens (tertiary/aromatic N) is 1. The van der Waals surface area contributed by atoms with Gasteiger partial charge in [-0.1, -0.05) is 59.9 Å². The van der Waals surface area contributed by atoms with Crippen LogP contribution in [-0.2, 0) is 19.4 Å². The fraction of sp³-hybridized carbons (Fsp3) is 0.167. The first-order valence-electron chi connectivity index (χ1n) is 9.72. The van der Waals surface area contributed by atoms with Gasteiger partial charge in [-0.2, -0.15) is 0 Å². The molecule has 29 heavy (non-hydrogen) atoms. The van der Waals surface area contributed by atoms with Crippen molar-refractivity contribution in [2.75, 3.05) is 5.32 Å². The van der Waals surface area contributed by atoms with Crippen LogP contribution in [-0.4, -0.2) is 10.5 Å². The molecule has 4 nitrogen and oxygen atoms in total. The molecule has 0 fully saturated rings. The summed E-state index contributed by atoms with van der Waals surface area (Å²) in [5.41, 5.74) is 4.57. The highest BCUT2D eigenvalue weighted by Gasteiger charge is 2.13. The molecule has 0 aliphatic carbocycles. The third-order valence-corrected chi connectivity index (χ3v) is 5.97. The number of benzene rings is 3. The second-order valence-electron chi connectivity index (χ2n) is 6.89. The Bertz CT molecular complexity index is 1210. The predicted molar refractivity (Wildman–Crippen MR) is 120 cm³/mol. The minimum absolute atomic E-state index is 0.0252. The Hall–Kier alpha value is -3.18. The van der Waals surface area contributed by atoms with Gasteiger partial charge in [-0.25, -0.2) is 0 Å². The van der Waals surface area contributed by atoms with Crippen molar-refractivity contribution in [1.29, 1.82) is 0 Å².